The highest BCUT2D eigenvalue weighted by molar-refractivity contribution is 7.99. The van der Waals surface area contributed by atoms with Gasteiger partial charge in [0.2, 0.25) is 0 Å². The largest absolute Gasteiger partial charge is 0.330 e. The Balaban J connectivity index is 2.42. The second-order valence-corrected chi connectivity index (χ2v) is 4.14. The van der Waals surface area contributed by atoms with Crippen molar-refractivity contribution in [2.24, 2.45) is 5.73 Å². The smallest absolute Gasteiger partial charge is 0.0594 e. The number of hydrogen-bond acceptors (Lipinski definition) is 3. The molecule has 0 fully saturated rings. The SMILES string of the molecule is Cc1ccc2c(n1)C(CN)CS2. The van der Waals surface area contributed by atoms with Crippen molar-refractivity contribution in [3.8, 4) is 0 Å². The van der Waals surface area contributed by atoms with Crippen molar-refractivity contribution in [3.63, 3.8) is 0 Å². The van der Waals surface area contributed by atoms with Crippen LogP contribution in [0.25, 0.3) is 0 Å². The fraction of sp³-hybridized carbons (Fsp3) is 0.444. The van der Waals surface area contributed by atoms with E-state index in [9.17, 15) is 0 Å². The molecule has 12 heavy (non-hydrogen) atoms. The zero-order valence-corrected chi connectivity index (χ0v) is 7.90. The van der Waals surface area contributed by atoms with Gasteiger partial charge in [-0.3, -0.25) is 4.98 Å². The zero-order valence-electron chi connectivity index (χ0n) is 7.08. The lowest BCUT2D eigenvalue weighted by Gasteiger charge is -2.05. The predicted octanol–water partition coefficient (Wildman–Crippen LogP) is 1.54. The topological polar surface area (TPSA) is 38.9 Å². The van der Waals surface area contributed by atoms with E-state index >= 15 is 0 Å². The van der Waals surface area contributed by atoms with E-state index in [0.29, 0.717) is 5.92 Å². The molecule has 0 spiro atoms. The number of rotatable bonds is 1. The molecule has 1 aliphatic heterocycles. The van der Waals surface area contributed by atoms with Gasteiger partial charge in [-0.05, 0) is 19.1 Å². The van der Waals surface area contributed by atoms with E-state index < -0.39 is 0 Å². The second-order valence-electron chi connectivity index (χ2n) is 3.08. The van der Waals surface area contributed by atoms with E-state index in [4.69, 9.17) is 5.73 Å². The van der Waals surface area contributed by atoms with Crippen molar-refractivity contribution in [1.29, 1.82) is 0 Å². The van der Waals surface area contributed by atoms with Gasteiger partial charge in [-0.2, -0.15) is 0 Å². The van der Waals surface area contributed by atoms with Gasteiger partial charge in [-0.25, -0.2) is 0 Å². The third-order valence-corrected chi connectivity index (χ3v) is 3.36. The van der Waals surface area contributed by atoms with Crippen LogP contribution in [0, 0.1) is 6.92 Å². The zero-order chi connectivity index (χ0) is 8.55. The second kappa shape index (κ2) is 3.07. The van der Waals surface area contributed by atoms with E-state index in [-0.39, 0.29) is 0 Å². The number of nitrogens with two attached hydrogens (primary N) is 1. The number of nitrogens with zero attached hydrogens (tertiary/aromatic N) is 1. The average molecular weight is 180 g/mol. The first kappa shape index (κ1) is 8.08. The third-order valence-electron chi connectivity index (χ3n) is 2.14. The summed E-state index contributed by atoms with van der Waals surface area (Å²) in [5, 5.41) is 0. The molecule has 0 aromatic carbocycles. The van der Waals surface area contributed by atoms with Crippen LogP contribution in [0.4, 0.5) is 0 Å². The van der Waals surface area contributed by atoms with Gasteiger partial charge in [0.15, 0.2) is 0 Å². The first-order chi connectivity index (χ1) is 5.81. The Labute approximate surface area is 76.6 Å². The molecule has 1 unspecified atom stereocenters. The predicted molar refractivity (Wildman–Crippen MR) is 51.5 cm³/mol. The van der Waals surface area contributed by atoms with Crippen LogP contribution in [0.15, 0.2) is 17.0 Å². The summed E-state index contributed by atoms with van der Waals surface area (Å²) in [7, 11) is 0. The van der Waals surface area contributed by atoms with Crippen LogP contribution >= 0.6 is 11.8 Å². The molecule has 0 saturated heterocycles. The lowest BCUT2D eigenvalue weighted by molar-refractivity contribution is 0.750. The van der Waals surface area contributed by atoms with E-state index in [2.05, 4.69) is 17.1 Å². The van der Waals surface area contributed by atoms with Crippen molar-refractivity contribution in [2.45, 2.75) is 17.7 Å². The lowest BCUT2D eigenvalue weighted by atomic mass is 10.1. The molecule has 3 heteroatoms. The molecule has 2 N–H and O–H groups in total. The number of fused-ring (bicyclic) bond motifs is 1. The molecule has 1 atom stereocenters. The summed E-state index contributed by atoms with van der Waals surface area (Å²) in [4.78, 5) is 5.82. The maximum Gasteiger partial charge on any atom is 0.0594 e. The van der Waals surface area contributed by atoms with Gasteiger partial charge >= 0.3 is 0 Å². The van der Waals surface area contributed by atoms with Crippen molar-refractivity contribution in [1.82, 2.24) is 4.98 Å². The monoisotopic (exact) mass is 180 g/mol. The molecule has 0 aliphatic carbocycles. The van der Waals surface area contributed by atoms with Gasteiger partial charge in [0.1, 0.15) is 0 Å². The van der Waals surface area contributed by atoms with Gasteiger partial charge in [-0.1, -0.05) is 0 Å². The van der Waals surface area contributed by atoms with E-state index in [0.717, 1.165) is 18.0 Å². The van der Waals surface area contributed by atoms with E-state index in [1.165, 1.54) is 10.6 Å². The molecule has 0 bridgehead atoms. The summed E-state index contributed by atoms with van der Waals surface area (Å²) in [5.74, 6) is 1.58. The number of aryl methyl sites for hydroxylation is 1. The molecular formula is C9H12N2S. The van der Waals surface area contributed by atoms with Gasteiger partial charge in [0.25, 0.3) is 0 Å². The minimum absolute atomic E-state index is 0.477. The first-order valence-electron chi connectivity index (χ1n) is 4.11. The van der Waals surface area contributed by atoms with Crippen LogP contribution < -0.4 is 5.73 Å². The molecular weight excluding hydrogens is 168 g/mol. The van der Waals surface area contributed by atoms with E-state index in [1.807, 2.05) is 18.7 Å². The fourth-order valence-electron chi connectivity index (χ4n) is 1.43. The van der Waals surface area contributed by atoms with Crippen molar-refractivity contribution in [3.05, 3.63) is 23.5 Å². The van der Waals surface area contributed by atoms with Gasteiger partial charge in [0.05, 0.1) is 5.69 Å². The summed E-state index contributed by atoms with van der Waals surface area (Å²) in [6.45, 7) is 2.74. The average Bonchev–Trinajstić information content (AvgIpc) is 2.46. The molecule has 1 aliphatic rings. The number of aromatic nitrogens is 1. The number of pyridine rings is 1. The summed E-state index contributed by atoms with van der Waals surface area (Å²) >= 11 is 1.87. The maximum atomic E-state index is 5.65. The molecule has 64 valence electrons. The molecule has 2 rings (SSSR count). The Morgan fingerprint density at radius 3 is 3.25 bits per heavy atom. The minimum Gasteiger partial charge on any atom is -0.330 e. The minimum atomic E-state index is 0.477. The molecule has 0 saturated carbocycles. The highest BCUT2D eigenvalue weighted by atomic mass is 32.2. The van der Waals surface area contributed by atoms with Crippen LogP contribution in [-0.2, 0) is 0 Å². The van der Waals surface area contributed by atoms with Gasteiger partial charge < -0.3 is 5.73 Å². The van der Waals surface area contributed by atoms with Crippen LogP contribution in [-0.4, -0.2) is 17.3 Å². The van der Waals surface area contributed by atoms with Crippen LogP contribution in [0.2, 0.25) is 0 Å². The first-order valence-corrected chi connectivity index (χ1v) is 5.10. The Morgan fingerprint density at radius 2 is 2.50 bits per heavy atom. The summed E-state index contributed by atoms with van der Waals surface area (Å²) in [5.41, 5.74) is 7.95. The van der Waals surface area contributed by atoms with Crippen LogP contribution in [0.3, 0.4) is 0 Å². The summed E-state index contributed by atoms with van der Waals surface area (Å²) in [6.07, 6.45) is 0. The van der Waals surface area contributed by atoms with Crippen LogP contribution in [0.1, 0.15) is 17.3 Å². The molecule has 2 nitrogen and oxygen atoms in total. The third kappa shape index (κ3) is 1.23. The Kier molecular flexibility index (Phi) is 2.07. The normalized spacial score (nSPS) is 21.0. The Bertz CT molecular complexity index is 299. The van der Waals surface area contributed by atoms with Crippen LogP contribution in [0.5, 0.6) is 0 Å². The summed E-state index contributed by atoms with van der Waals surface area (Å²) in [6, 6.07) is 4.21. The van der Waals surface area contributed by atoms with Crippen molar-refractivity contribution in [2.75, 3.05) is 12.3 Å². The molecule has 0 radical (unpaired) electrons. The molecule has 0 amide bonds. The Morgan fingerprint density at radius 1 is 1.67 bits per heavy atom. The Hall–Kier alpha value is -0.540. The van der Waals surface area contributed by atoms with Crippen molar-refractivity contribution < 1.29 is 0 Å². The maximum absolute atomic E-state index is 5.65. The van der Waals surface area contributed by atoms with Gasteiger partial charge in [0, 0.05) is 28.8 Å². The van der Waals surface area contributed by atoms with Crippen molar-refractivity contribution >= 4 is 11.8 Å². The highest BCUT2D eigenvalue weighted by Crippen LogP contribution is 2.37. The fourth-order valence-corrected chi connectivity index (χ4v) is 2.63. The van der Waals surface area contributed by atoms with E-state index in [1.54, 1.807) is 0 Å². The molecule has 2 heterocycles. The molecule has 1 aromatic rings. The highest BCUT2D eigenvalue weighted by Gasteiger charge is 2.22. The quantitative estimate of drug-likeness (QED) is 0.712. The summed E-state index contributed by atoms with van der Waals surface area (Å²) < 4.78 is 0. The van der Waals surface area contributed by atoms with Gasteiger partial charge in [-0.15, -0.1) is 11.8 Å². The molecule has 1 aromatic heterocycles. The number of thioether (sulfide) groups is 1. The number of hydrogen-bond donors (Lipinski definition) is 1. The standard InChI is InChI=1S/C9H12N2S/c1-6-2-3-8-9(11-6)7(4-10)5-12-8/h2-3,7H,4-5,10H2,1H3. The lowest BCUT2D eigenvalue weighted by Crippen LogP contribution is -2.12.